The van der Waals surface area contributed by atoms with Crippen molar-refractivity contribution in [3.8, 4) is 0 Å². The van der Waals surface area contributed by atoms with Crippen molar-refractivity contribution in [3.05, 3.63) is 69.2 Å². The highest BCUT2D eigenvalue weighted by Gasteiger charge is 2.14. The third-order valence-electron chi connectivity index (χ3n) is 3.49. The van der Waals surface area contributed by atoms with Gasteiger partial charge in [-0.05, 0) is 31.2 Å². The van der Waals surface area contributed by atoms with E-state index < -0.39 is 0 Å². The third kappa shape index (κ3) is 3.34. The summed E-state index contributed by atoms with van der Waals surface area (Å²) < 4.78 is 1.56. The minimum absolute atomic E-state index is 0.0469. The lowest BCUT2D eigenvalue weighted by atomic mass is 10.2. The fourth-order valence-electron chi connectivity index (χ4n) is 2.33. The van der Waals surface area contributed by atoms with Gasteiger partial charge in [-0.15, -0.1) is 17.9 Å². The standard InChI is InChI=1S/C18H16N2O2S2/c1-3-10-20-17(22)13-6-4-5-7-14(13)19-18(20)23-11-15(21)16-9-8-12(2)24-16/h3-9H,1,10-11H2,2H3. The number of aromatic nitrogens is 2. The van der Waals surface area contributed by atoms with Gasteiger partial charge in [0.05, 0.1) is 21.5 Å². The third-order valence-corrected chi connectivity index (χ3v) is 5.50. The van der Waals surface area contributed by atoms with Gasteiger partial charge in [-0.25, -0.2) is 4.98 Å². The summed E-state index contributed by atoms with van der Waals surface area (Å²) in [6.07, 6.45) is 1.66. The number of hydrogen-bond acceptors (Lipinski definition) is 5. The van der Waals surface area contributed by atoms with Gasteiger partial charge in [0.1, 0.15) is 0 Å². The Hall–Kier alpha value is -2.18. The minimum atomic E-state index is -0.109. The topological polar surface area (TPSA) is 52.0 Å². The number of nitrogens with zero attached hydrogens (tertiary/aromatic N) is 2. The van der Waals surface area contributed by atoms with Gasteiger partial charge in [0.15, 0.2) is 10.9 Å². The van der Waals surface area contributed by atoms with E-state index in [9.17, 15) is 9.59 Å². The van der Waals surface area contributed by atoms with Gasteiger partial charge in [-0.1, -0.05) is 30.0 Å². The predicted molar refractivity (Wildman–Crippen MR) is 100 cm³/mol. The van der Waals surface area contributed by atoms with Gasteiger partial charge in [0.25, 0.3) is 5.56 Å². The Morgan fingerprint density at radius 3 is 2.83 bits per heavy atom. The molecular formula is C18H16N2O2S2. The van der Waals surface area contributed by atoms with Crippen LogP contribution in [0.1, 0.15) is 14.5 Å². The second kappa shape index (κ2) is 7.15. The molecule has 0 N–H and O–H groups in total. The van der Waals surface area contributed by atoms with Crippen LogP contribution in [0.25, 0.3) is 10.9 Å². The van der Waals surface area contributed by atoms with Crippen LogP contribution in [-0.2, 0) is 6.54 Å². The summed E-state index contributed by atoms with van der Waals surface area (Å²) in [7, 11) is 0. The van der Waals surface area contributed by atoms with Gasteiger partial charge in [0, 0.05) is 11.4 Å². The molecule has 2 aromatic heterocycles. The van der Waals surface area contributed by atoms with E-state index in [0.717, 1.165) is 9.75 Å². The number of benzene rings is 1. The number of carbonyl (C=O) groups excluding carboxylic acids is 1. The molecule has 0 fully saturated rings. The van der Waals surface area contributed by atoms with Crippen molar-refractivity contribution in [1.29, 1.82) is 0 Å². The lowest BCUT2D eigenvalue weighted by Gasteiger charge is -2.10. The van der Waals surface area contributed by atoms with E-state index in [4.69, 9.17) is 0 Å². The number of ketones is 1. The van der Waals surface area contributed by atoms with E-state index in [1.165, 1.54) is 23.1 Å². The molecule has 0 bridgehead atoms. The molecule has 0 aliphatic rings. The molecule has 3 aromatic rings. The van der Waals surface area contributed by atoms with Gasteiger partial charge in [0.2, 0.25) is 0 Å². The molecule has 0 saturated carbocycles. The Bertz CT molecular complexity index is 973. The first-order valence-electron chi connectivity index (χ1n) is 7.43. The first-order valence-corrected chi connectivity index (χ1v) is 9.23. The quantitative estimate of drug-likeness (QED) is 0.291. The van der Waals surface area contributed by atoms with E-state index in [1.54, 1.807) is 16.7 Å². The molecule has 0 spiro atoms. The molecule has 0 amide bonds. The summed E-state index contributed by atoms with van der Waals surface area (Å²) in [6.45, 7) is 6.04. The molecule has 2 heterocycles. The summed E-state index contributed by atoms with van der Waals surface area (Å²) in [5, 5.41) is 1.11. The number of thioether (sulfide) groups is 1. The maximum absolute atomic E-state index is 12.6. The van der Waals surface area contributed by atoms with E-state index in [0.29, 0.717) is 22.6 Å². The lowest BCUT2D eigenvalue weighted by Crippen LogP contribution is -2.23. The average Bonchev–Trinajstić information content (AvgIpc) is 3.02. The normalized spacial score (nSPS) is 10.9. The summed E-state index contributed by atoms with van der Waals surface area (Å²) in [5.41, 5.74) is 0.534. The van der Waals surface area contributed by atoms with E-state index in [-0.39, 0.29) is 17.1 Å². The highest BCUT2D eigenvalue weighted by atomic mass is 32.2. The lowest BCUT2D eigenvalue weighted by molar-refractivity contribution is 0.102. The van der Waals surface area contributed by atoms with Crippen LogP contribution in [0.15, 0.2) is 59.0 Å². The molecule has 0 atom stereocenters. The number of hydrogen-bond donors (Lipinski definition) is 0. The molecule has 6 heteroatoms. The second-order valence-corrected chi connectivity index (χ2v) is 7.47. The van der Waals surface area contributed by atoms with Crippen molar-refractivity contribution < 1.29 is 4.79 Å². The van der Waals surface area contributed by atoms with Crippen LogP contribution >= 0.6 is 23.1 Å². The Kier molecular flexibility index (Phi) is 4.97. The molecule has 0 saturated heterocycles. The van der Waals surface area contributed by atoms with Crippen LogP contribution in [-0.4, -0.2) is 21.1 Å². The van der Waals surface area contributed by atoms with Crippen LogP contribution in [0.2, 0.25) is 0 Å². The molecule has 24 heavy (non-hydrogen) atoms. The van der Waals surface area contributed by atoms with Gasteiger partial charge >= 0.3 is 0 Å². The summed E-state index contributed by atoms with van der Waals surface area (Å²) in [4.78, 5) is 31.3. The monoisotopic (exact) mass is 356 g/mol. The van der Waals surface area contributed by atoms with E-state index in [2.05, 4.69) is 11.6 Å². The van der Waals surface area contributed by atoms with Gasteiger partial charge in [-0.3, -0.25) is 14.2 Å². The fraction of sp³-hybridized carbons (Fsp3) is 0.167. The maximum atomic E-state index is 12.6. The van der Waals surface area contributed by atoms with Crippen molar-refractivity contribution in [2.75, 3.05) is 5.75 Å². The molecule has 3 rings (SSSR count). The zero-order chi connectivity index (χ0) is 17.1. The first-order chi connectivity index (χ1) is 11.6. The van der Waals surface area contributed by atoms with Crippen LogP contribution < -0.4 is 5.56 Å². The number of carbonyl (C=O) groups is 1. The molecule has 0 unspecified atom stereocenters. The fourth-order valence-corrected chi connectivity index (χ4v) is 4.12. The molecule has 122 valence electrons. The van der Waals surface area contributed by atoms with Gasteiger partial charge < -0.3 is 0 Å². The number of fused-ring (bicyclic) bond motifs is 1. The molecule has 0 radical (unpaired) electrons. The first kappa shape index (κ1) is 16.7. The van der Waals surface area contributed by atoms with Crippen molar-refractivity contribution in [2.24, 2.45) is 0 Å². The summed E-state index contributed by atoms with van der Waals surface area (Å²) in [5.74, 6) is 0.299. The predicted octanol–water partition coefficient (Wildman–Crippen LogP) is 3.93. The zero-order valence-electron chi connectivity index (χ0n) is 13.2. The Morgan fingerprint density at radius 1 is 1.33 bits per heavy atom. The number of aryl methyl sites for hydroxylation is 1. The van der Waals surface area contributed by atoms with E-state index >= 15 is 0 Å². The molecular weight excluding hydrogens is 340 g/mol. The molecule has 0 aliphatic carbocycles. The number of para-hydroxylation sites is 1. The Balaban J connectivity index is 1.93. The Morgan fingerprint density at radius 2 is 2.12 bits per heavy atom. The number of thiophene rings is 1. The van der Waals surface area contributed by atoms with E-state index in [1.807, 2.05) is 37.3 Å². The van der Waals surface area contributed by atoms with Gasteiger partial charge in [-0.2, -0.15) is 0 Å². The number of rotatable bonds is 6. The largest absolute Gasteiger partial charge is 0.292 e. The van der Waals surface area contributed by atoms with Crippen molar-refractivity contribution in [3.63, 3.8) is 0 Å². The highest BCUT2D eigenvalue weighted by Crippen LogP contribution is 2.22. The second-order valence-electron chi connectivity index (χ2n) is 5.24. The van der Waals surface area contributed by atoms with Crippen LogP contribution in [0.5, 0.6) is 0 Å². The maximum Gasteiger partial charge on any atom is 0.262 e. The van der Waals surface area contributed by atoms with Crippen molar-refractivity contribution in [2.45, 2.75) is 18.6 Å². The number of Topliss-reactive ketones (excluding diaryl/α,β-unsaturated/α-hetero) is 1. The van der Waals surface area contributed by atoms with Crippen LogP contribution in [0.3, 0.4) is 0 Å². The summed E-state index contributed by atoms with van der Waals surface area (Å²) >= 11 is 2.77. The molecule has 1 aromatic carbocycles. The Labute approximate surface area is 147 Å². The smallest absolute Gasteiger partial charge is 0.262 e. The molecule has 4 nitrogen and oxygen atoms in total. The van der Waals surface area contributed by atoms with Crippen molar-refractivity contribution >= 4 is 39.8 Å². The molecule has 0 aliphatic heterocycles. The number of allylic oxidation sites excluding steroid dienone is 1. The van der Waals surface area contributed by atoms with Crippen molar-refractivity contribution in [1.82, 2.24) is 9.55 Å². The average molecular weight is 356 g/mol. The van der Waals surface area contributed by atoms with Crippen LogP contribution in [0, 0.1) is 6.92 Å². The zero-order valence-corrected chi connectivity index (χ0v) is 14.8. The highest BCUT2D eigenvalue weighted by molar-refractivity contribution is 7.99. The minimum Gasteiger partial charge on any atom is -0.292 e. The van der Waals surface area contributed by atoms with Crippen LogP contribution in [0.4, 0.5) is 0 Å². The SMILES string of the molecule is C=CCn1c(SCC(=O)c2ccc(C)s2)nc2ccccc2c1=O. The summed E-state index contributed by atoms with van der Waals surface area (Å²) in [6, 6.07) is 11.0.